The van der Waals surface area contributed by atoms with E-state index >= 15 is 0 Å². The molecule has 0 fully saturated rings. The number of thioether (sulfide) groups is 1. The Labute approximate surface area is 107 Å². The molecule has 2 aromatic rings. The van der Waals surface area contributed by atoms with Crippen molar-refractivity contribution in [3.8, 4) is 0 Å². The average molecular weight is 269 g/mol. The minimum atomic E-state index is -0.728. The Hall–Kier alpha value is -1.62. The van der Waals surface area contributed by atoms with E-state index in [1.165, 1.54) is 6.07 Å². The summed E-state index contributed by atoms with van der Waals surface area (Å²) in [4.78, 5) is -0.146. The van der Waals surface area contributed by atoms with Gasteiger partial charge in [-0.25, -0.2) is 13.2 Å². The van der Waals surface area contributed by atoms with Crippen LogP contribution in [0.25, 0.3) is 0 Å². The molecule has 0 aromatic heterocycles. The molecule has 0 spiro atoms. The van der Waals surface area contributed by atoms with E-state index in [4.69, 9.17) is 5.73 Å². The topological polar surface area (TPSA) is 26.0 Å². The van der Waals surface area contributed by atoms with Gasteiger partial charge in [0, 0.05) is 11.4 Å². The molecule has 0 saturated carbocycles. The largest absolute Gasteiger partial charge is 0.399 e. The standard InChI is InChI=1S/C13H10F3NS/c14-10-4-2-1-3-8(10)7-18-13-11(15)5-9(17)6-12(13)16/h1-6H,7,17H2. The molecule has 0 aliphatic heterocycles. The summed E-state index contributed by atoms with van der Waals surface area (Å²) in [6, 6.07) is 8.23. The van der Waals surface area contributed by atoms with Gasteiger partial charge < -0.3 is 5.73 Å². The molecular weight excluding hydrogens is 259 g/mol. The molecule has 0 aliphatic carbocycles. The van der Waals surface area contributed by atoms with Gasteiger partial charge in [-0.1, -0.05) is 18.2 Å². The maximum atomic E-state index is 13.5. The van der Waals surface area contributed by atoms with Crippen molar-refractivity contribution in [3.63, 3.8) is 0 Å². The average Bonchev–Trinajstić information content (AvgIpc) is 2.30. The summed E-state index contributed by atoms with van der Waals surface area (Å²) in [6.07, 6.45) is 0. The number of halogens is 3. The van der Waals surface area contributed by atoms with E-state index in [-0.39, 0.29) is 22.2 Å². The predicted octanol–water partition coefficient (Wildman–Crippen LogP) is 3.98. The molecule has 18 heavy (non-hydrogen) atoms. The first-order valence-corrected chi connectivity index (χ1v) is 6.17. The third-order valence-electron chi connectivity index (χ3n) is 2.35. The van der Waals surface area contributed by atoms with Gasteiger partial charge in [0.2, 0.25) is 0 Å². The molecule has 0 unspecified atom stereocenters. The molecule has 1 nitrogen and oxygen atoms in total. The van der Waals surface area contributed by atoms with Crippen molar-refractivity contribution < 1.29 is 13.2 Å². The molecule has 0 radical (unpaired) electrons. The first-order chi connectivity index (χ1) is 8.58. The van der Waals surface area contributed by atoms with E-state index in [1.807, 2.05) is 0 Å². The van der Waals surface area contributed by atoms with Gasteiger partial charge in [0.05, 0.1) is 4.90 Å². The number of anilines is 1. The van der Waals surface area contributed by atoms with Crippen molar-refractivity contribution in [1.29, 1.82) is 0 Å². The van der Waals surface area contributed by atoms with Gasteiger partial charge in [0.25, 0.3) is 0 Å². The van der Waals surface area contributed by atoms with E-state index in [2.05, 4.69) is 0 Å². The van der Waals surface area contributed by atoms with Gasteiger partial charge in [-0.05, 0) is 23.8 Å². The van der Waals surface area contributed by atoms with Crippen LogP contribution in [0, 0.1) is 17.5 Å². The van der Waals surface area contributed by atoms with Crippen molar-refractivity contribution in [2.24, 2.45) is 0 Å². The van der Waals surface area contributed by atoms with Crippen LogP contribution in [0.4, 0.5) is 18.9 Å². The van der Waals surface area contributed by atoms with Gasteiger partial charge in [0.1, 0.15) is 17.5 Å². The molecule has 5 heteroatoms. The first-order valence-electron chi connectivity index (χ1n) is 5.18. The van der Waals surface area contributed by atoms with Crippen LogP contribution >= 0.6 is 11.8 Å². The Bertz CT molecular complexity index is 549. The fourth-order valence-corrected chi connectivity index (χ4v) is 2.41. The minimum absolute atomic E-state index is 0.0280. The lowest BCUT2D eigenvalue weighted by molar-refractivity contribution is 0.541. The van der Waals surface area contributed by atoms with Crippen LogP contribution in [0.2, 0.25) is 0 Å². The second-order valence-electron chi connectivity index (χ2n) is 3.69. The lowest BCUT2D eigenvalue weighted by atomic mass is 10.2. The van der Waals surface area contributed by atoms with Gasteiger partial charge in [-0.2, -0.15) is 0 Å². The normalized spacial score (nSPS) is 10.6. The second kappa shape index (κ2) is 5.35. The van der Waals surface area contributed by atoms with Crippen LogP contribution in [0.3, 0.4) is 0 Å². The van der Waals surface area contributed by atoms with E-state index in [9.17, 15) is 13.2 Å². The Morgan fingerprint density at radius 2 is 1.56 bits per heavy atom. The summed E-state index contributed by atoms with van der Waals surface area (Å²) in [5, 5.41) is 0. The molecule has 0 bridgehead atoms. The zero-order chi connectivity index (χ0) is 13.1. The van der Waals surface area contributed by atoms with Crippen LogP contribution in [0.1, 0.15) is 5.56 Å². The highest BCUT2D eigenvalue weighted by atomic mass is 32.2. The van der Waals surface area contributed by atoms with Gasteiger partial charge >= 0.3 is 0 Å². The van der Waals surface area contributed by atoms with Crippen molar-refractivity contribution in [1.82, 2.24) is 0 Å². The van der Waals surface area contributed by atoms with Crippen LogP contribution in [-0.4, -0.2) is 0 Å². The lowest BCUT2D eigenvalue weighted by Gasteiger charge is -2.06. The SMILES string of the molecule is Nc1cc(F)c(SCc2ccccc2F)c(F)c1. The molecule has 0 heterocycles. The Kier molecular flexibility index (Phi) is 3.81. The maximum Gasteiger partial charge on any atom is 0.141 e. The molecule has 2 rings (SSSR count). The molecule has 0 saturated heterocycles. The predicted molar refractivity (Wildman–Crippen MR) is 66.7 cm³/mol. The summed E-state index contributed by atoms with van der Waals surface area (Å²) in [5.74, 6) is -1.69. The minimum Gasteiger partial charge on any atom is -0.399 e. The molecule has 94 valence electrons. The third kappa shape index (κ3) is 2.79. The highest BCUT2D eigenvalue weighted by molar-refractivity contribution is 7.98. The van der Waals surface area contributed by atoms with E-state index in [1.54, 1.807) is 18.2 Å². The van der Waals surface area contributed by atoms with Gasteiger partial charge in [0.15, 0.2) is 0 Å². The Morgan fingerprint density at radius 1 is 0.944 bits per heavy atom. The molecule has 0 amide bonds. The van der Waals surface area contributed by atoms with E-state index in [0.717, 1.165) is 23.9 Å². The van der Waals surface area contributed by atoms with Crippen LogP contribution in [0.5, 0.6) is 0 Å². The van der Waals surface area contributed by atoms with Crippen molar-refractivity contribution in [3.05, 3.63) is 59.4 Å². The number of nitrogen functional groups attached to an aromatic ring is 1. The lowest BCUT2D eigenvalue weighted by Crippen LogP contribution is -1.94. The maximum absolute atomic E-state index is 13.5. The zero-order valence-electron chi connectivity index (χ0n) is 9.29. The zero-order valence-corrected chi connectivity index (χ0v) is 10.1. The fraction of sp³-hybridized carbons (Fsp3) is 0.0769. The summed E-state index contributed by atoms with van der Waals surface area (Å²) in [5.41, 5.74) is 5.74. The summed E-state index contributed by atoms with van der Waals surface area (Å²) >= 11 is 0.904. The molecule has 0 aliphatic rings. The monoisotopic (exact) mass is 269 g/mol. The smallest absolute Gasteiger partial charge is 0.141 e. The third-order valence-corrected chi connectivity index (χ3v) is 3.48. The fourth-order valence-electron chi connectivity index (χ4n) is 1.48. The van der Waals surface area contributed by atoms with Crippen molar-refractivity contribution in [2.45, 2.75) is 10.6 Å². The summed E-state index contributed by atoms with van der Waals surface area (Å²) in [7, 11) is 0. The number of hydrogen-bond donors (Lipinski definition) is 1. The first kappa shape index (κ1) is 12.8. The summed E-state index contributed by atoms with van der Waals surface area (Å²) in [6.45, 7) is 0. The molecular formula is C13H10F3NS. The van der Waals surface area contributed by atoms with Crippen molar-refractivity contribution in [2.75, 3.05) is 5.73 Å². The van der Waals surface area contributed by atoms with E-state index < -0.39 is 11.6 Å². The molecule has 2 aromatic carbocycles. The second-order valence-corrected chi connectivity index (χ2v) is 4.68. The van der Waals surface area contributed by atoms with E-state index in [0.29, 0.717) is 5.56 Å². The number of benzene rings is 2. The van der Waals surface area contributed by atoms with Crippen LogP contribution < -0.4 is 5.73 Å². The highest BCUT2D eigenvalue weighted by Gasteiger charge is 2.12. The Morgan fingerprint density at radius 3 is 2.17 bits per heavy atom. The number of rotatable bonds is 3. The van der Waals surface area contributed by atoms with Crippen LogP contribution in [0.15, 0.2) is 41.3 Å². The molecule has 0 atom stereocenters. The van der Waals surface area contributed by atoms with Crippen LogP contribution in [-0.2, 0) is 5.75 Å². The van der Waals surface area contributed by atoms with Crippen molar-refractivity contribution >= 4 is 17.4 Å². The quantitative estimate of drug-likeness (QED) is 0.673. The number of nitrogens with two attached hydrogens (primary N) is 1. The van der Waals surface area contributed by atoms with Gasteiger partial charge in [-0.15, -0.1) is 11.8 Å². The highest BCUT2D eigenvalue weighted by Crippen LogP contribution is 2.30. The molecule has 2 N–H and O–H groups in total. The van der Waals surface area contributed by atoms with Gasteiger partial charge in [-0.3, -0.25) is 0 Å². The summed E-state index contributed by atoms with van der Waals surface area (Å²) < 4.78 is 40.3. The number of hydrogen-bond acceptors (Lipinski definition) is 2. The Balaban J connectivity index is 2.19.